The first-order valence-corrected chi connectivity index (χ1v) is 12.0. The van der Waals surface area contributed by atoms with Crippen molar-refractivity contribution in [1.29, 1.82) is 0 Å². The normalized spacial score (nSPS) is 18.8. The number of carbonyl (C=O) groups excluding carboxylic acids is 1. The average molecular weight is 412 g/mol. The van der Waals surface area contributed by atoms with Gasteiger partial charge in [-0.15, -0.1) is 11.3 Å². The number of sulfone groups is 1. The summed E-state index contributed by atoms with van der Waals surface area (Å²) in [7, 11) is -3.05. The van der Waals surface area contributed by atoms with Gasteiger partial charge >= 0.3 is 0 Å². The average Bonchev–Trinajstić information content (AvgIpc) is 3.18. The fourth-order valence-corrected chi connectivity index (χ4v) is 6.31. The van der Waals surface area contributed by atoms with Crippen LogP contribution in [0.3, 0.4) is 0 Å². The number of thioether (sulfide) groups is 1. The van der Waals surface area contributed by atoms with Crippen LogP contribution >= 0.6 is 23.1 Å². The van der Waals surface area contributed by atoms with E-state index in [-0.39, 0.29) is 29.2 Å². The molecule has 0 N–H and O–H groups in total. The van der Waals surface area contributed by atoms with Gasteiger partial charge < -0.3 is 4.90 Å². The minimum absolute atomic E-state index is 0.0561. The monoisotopic (exact) mass is 411 g/mol. The van der Waals surface area contributed by atoms with Gasteiger partial charge in [0.25, 0.3) is 0 Å². The molecule has 3 heterocycles. The zero-order chi connectivity index (χ0) is 18.7. The van der Waals surface area contributed by atoms with E-state index in [0.29, 0.717) is 18.8 Å². The van der Waals surface area contributed by atoms with Crippen LogP contribution in [-0.4, -0.2) is 52.5 Å². The van der Waals surface area contributed by atoms with E-state index >= 15 is 0 Å². The zero-order valence-corrected chi connectivity index (χ0v) is 17.2. The Morgan fingerprint density at radius 1 is 1.38 bits per heavy atom. The van der Waals surface area contributed by atoms with E-state index in [1.54, 1.807) is 16.2 Å². The number of thiophene rings is 1. The van der Waals surface area contributed by atoms with Crippen LogP contribution in [0.25, 0.3) is 0 Å². The molecule has 26 heavy (non-hydrogen) atoms. The van der Waals surface area contributed by atoms with E-state index in [1.165, 1.54) is 11.8 Å². The zero-order valence-electron chi connectivity index (χ0n) is 14.7. The molecule has 0 radical (unpaired) electrons. The third-order valence-electron chi connectivity index (χ3n) is 4.16. The number of amides is 1. The molecule has 0 unspecified atom stereocenters. The second-order valence-electron chi connectivity index (χ2n) is 6.34. The highest BCUT2D eigenvalue weighted by atomic mass is 32.2. The highest BCUT2D eigenvalue weighted by molar-refractivity contribution is 7.99. The molecule has 1 amide bonds. The van der Waals surface area contributed by atoms with Crippen molar-refractivity contribution >= 4 is 38.8 Å². The van der Waals surface area contributed by atoms with E-state index in [9.17, 15) is 13.2 Å². The number of rotatable bonds is 6. The third kappa shape index (κ3) is 5.05. The molecule has 3 rings (SSSR count). The van der Waals surface area contributed by atoms with Gasteiger partial charge in [0.05, 0.1) is 23.8 Å². The molecule has 0 bridgehead atoms. The van der Waals surface area contributed by atoms with Crippen molar-refractivity contribution in [3.8, 4) is 0 Å². The van der Waals surface area contributed by atoms with E-state index in [2.05, 4.69) is 9.97 Å². The van der Waals surface area contributed by atoms with Gasteiger partial charge in [0.15, 0.2) is 9.84 Å². The molecule has 1 aliphatic heterocycles. The van der Waals surface area contributed by atoms with Crippen molar-refractivity contribution in [3.05, 3.63) is 40.0 Å². The van der Waals surface area contributed by atoms with Crippen molar-refractivity contribution in [2.24, 2.45) is 0 Å². The summed E-state index contributed by atoms with van der Waals surface area (Å²) in [5.41, 5.74) is 0.866. The standard InChI is InChI=1S/C17H21N3O3S3/c1-12-8-16(19-13(2)18-12)25-10-17(21)20(9-15-4-3-6-24-15)14-5-7-26(22,23)11-14/h3-4,6,8,14H,5,7,9-11H2,1-2H3/t14-/m0/s1. The van der Waals surface area contributed by atoms with Crippen LogP contribution in [0.5, 0.6) is 0 Å². The maximum Gasteiger partial charge on any atom is 0.233 e. The predicted molar refractivity (Wildman–Crippen MR) is 104 cm³/mol. The molecule has 1 atom stereocenters. The van der Waals surface area contributed by atoms with Crippen LogP contribution in [0.15, 0.2) is 28.6 Å². The molecule has 2 aromatic heterocycles. The number of hydrogen-bond acceptors (Lipinski definition) is 7. The van der Waals surface area contributed by atoms with Gasteiger partial charge in [-0.25, -0.2) is 18.4 Å². The van der Waals surface area contributed by atoms with E-state index in [0.717, 1.165) is 15.6 Å². The fourth-order valence-electron chi connectivity index (χ4n) is 2.99. The van der Waals surface area contributed by atoms with Crippen LogP contribution in [-0.2, 0) is 21.2 Å². The Hall–Kier alpha value is -1.45. The van der Waals surface area contributed by atoms with Crippen molar-refractivity contribution in [2.45, 2.75) is 37.9 Å². The maximum atomic E-state index is 12.9. The molecule has 1 saturated heterocycles. The Kier molecular flexibility index (Phi) is 5.99. The second-order valence-corrected chi connectivity index (χ2v) is 10.6. The van der Waals surface area contributed by atoms with Crippen LogP contribution in [0, 0.1) is 13.8 Å². The maximum absolute atomic E-state index is 12.9. The van der Waals surface area contributed by atoms with Gasteiger partial charge in [-0.2, -0.15) is 0 Å². The first kappa shape index (κ1) is 19.3. The Balaban J connectivity index is 1.71. The summed E-state index contributed by atoms with van der Waals surface area (Å²) < 4.78 is 23.7. The largest absolute Gasteiger partial charge is 0.333 e. The summed E-state index contributed by atoms with van der Waals surface area (Å²) in [5.74, 6) is 1.07. The van der Waals surface area contributed by atoms with Crippen LogP contribution in [0.2, 0.25) is 0 Å². The Morgan fingerprint density at radius 2 is 2.19 bits per heavy atom. The van der Waals surface area contributed by atoms with Crippen molar-refractivity contribution in [1.82, 2.24) is 14.9 Å². The molecule has 140 valence electrons. The van der Waals surface area contributed by atoms with Gasteiger partial charge in [0, 0.05) is 16.6 Å². The SMILES string of the molecule is Cc1cc(SCC(=O)N(Cc2cccs2)[C@H]2CCS(=O)(=O)C2)nc(C)n1. The second kappa shape index (κ2) is 8.06. The van der Waals surface area contributed by atoms with Crippen molar-refractivity contribution < 1.29 is 13.2 Å². The van der Waals surface area contributed by atoms with Gasteiger partial charge in [-0.3, -0.25) is 4.79 Å². The van der Waals surface area contributed by atoms with Crippen LogP contribution in [0.1, 0.15) is 22.8 Å². The lowest BCUT2D eigenvalue weighted by molar-refractivity contribution is -0.130. The first-order chi connectivity index (χ1) is 12.3. The highest BCUT2D eigenvalue weighted by Gasteiger charge is 2.34. The van der Waals surface area contributed by atoms with Gasteiger partial charge in [0.1, 0.15) is 10.9 Å². The summed E-state index contributed by atoms with van der Waals surface area (Å²) in [4.78, 5) is 24.3. The Bertz CT molecular complexity index is 862. The summed E-state index contributed by atoms with van der Waals surface area (Å²) >= 11 is 2.94. The molecule has 1 fully saturated rings. The third-order valence-corrected chi connectivity index (χ3v) is 7.67. The van der Waals surface area contributed by atoms with Crippen LogP contribution in [0.4, 0.5) is 0 Å². The lowest BCUT2D eigenvalue weighted by Crippen LogP contribution is -2.41. The quantitative estimate of drug-likeness (QED) is 0.537. The van der Waals surface area contributed by atoms with Gasteiger partial charge in [-0.05, 0) is 37.8 Å². The predicted octanol–water partition coefficient (Wildman–Crippen LogP) is 2.46. The molecule has 2 aromatic rings. The lowest BCUT2D eigenvalue weighted by Gasteiger charge is -2.27. The number of nitrogens with zero attached hydrogens (tertiary/aromatic N) is 3. The van der Waals surface area contributed by atoms with Crippen molar-refractivity contribution in [3.63, 3.8) is 0 Å². The molecule has 9 heteroatoms. The van der Waals surface area contributed by atoms with Gasteiger partial charge in [0.2, 0.25) is 5.91 Å². The van der Waals surface area contributed by atoms with Gasteiger partial charge in [-0.1, -0.05) is 17.8 Å². The van der Waals surface area contributed by atoms with E-state index in [1.807, 2.05) is 37.4 Å². The summed E-state index contributed by atoms with van der Waals surface area (Å²) in [6.45, 7) is 4.18. The molecule has 0 aromatic carbocycles. The van der Waals surface area contributed by atoms with E-state index < -0.39 is 9.84 Å². The summed E-state index contributed by atoms with van der Waals surface area (Å²) in [6, 6.07) is 5.52. The molecule has 6 nitrogen and oxygen atoms in total. The summed E-state index contributed by atoms with van der Waals surface area (Å²) in [5, 5.41) is 2.73. The lowest BCUT2D eigenvalue weighted by atomic mass is 10.2. The molecule has 0 saturated carbocycles. The Morgan fingerprint density at radius 3 is 2.81 bits per heavy atom. The molecular formula is C17H21N3O3S3. The smallest absolute Gasteiger partial charge is 0.233 e. The molecule has 0 spiro atoms. The number of aromatic nitrogens is 2. The topological polar surface area (TPSA) is 80.2 Å². The Labute approximate surface area is 162 Å². The van der Waals surface area contributed by atoms with Crippen molar-refractivity contribution in [2.75, 3.05) is 17.3 Å². The first-order valence-electron chi connectivity index (χ1n) is 8.30. The van der Waals surface area contributed by atoms with E-state index in [4.69, 9.17) is 0 Å². The molecule has 0 aliphatic carbocycles. The highest BCUT2D eigenvalue weighted by Crippen LogP contribution is 2.24. The molecule has 1 aliphatic rings. The number of hydrogen-bond donors (Lipinski definition) is 0. The molecular weight excluding hydrogens is 390 g/mol. The number of aryl methyl sites for hydroxylation is 2. The van der Waals surface area contributed by atoms with Crippen LogP contribution < -0.4 is 0 Å². The fraction of sp³-hybridized carbons (Fsp3) is 0.471. The minimum Gasteiger partial charge on any atom is -0.333 e. The summed E-state index contributed by atoms with van der Waals surface area (Å²) in [6.07, 6.45) is 0.510. The number of carbonyl (C=O) groups is 1. The minimum atomic E-state index is -3.05.